The highest BCUT2D eigenvalue weighted by Crippen LogP contribution is 2.31. The summed E-state index contributed by atoms with van der Waals surface area (Å²) < 4.78 is 1.55. The first-order chi connectivity index (χ1) is 17.5. The lowest BCUT2D eigenvalue weighted by Crippen LogP contribution is -2.48. The van der Waals surface area contributed by atoms with Crippen molar-refractivity contribution in [2.24, 2.45) is 13.0 Å². The smallest absolute Gasteiger partial charge is 0.274 e. The summed E-state index contributed by atoms with van der Waals surface area (Å²) in [5, 5.41) is 10.3. The fraction of sp³-hybridized carbons (Fsp3) is 0.556. The zero-order chi connectivity index (χ0) is 25.1. The van der Waals surface area contributed by atoms with Crippen molar-refractivity contribution in [3.05, 3.63) is 47.3 Å². The molecule has 192 valence electrons. The quantitative estimate of drug-likeness (QED) is 0.619. The molecule has 2 aromatic rings. The van der Waals surface area contributed by atoms with Gasteiger partial charge in [-0.05, 0) is 43.4 Å². The van der Waals surface area contributed by atoms with Gasteiger partial charge in [-0.3, -0.25) is 24.0 Å². The average Bonchev–Trinajstić information content (AvgIpc) is 3.67. The number of carbonyl (C=O) groups excluding carboxylic acids is 3. The zero-order valence-corrected chi connectivity index (χ0v) is 21.0. The Morgan fingerprint density at radius 1 is 0.972 bits per heavy atom. The first kappa shape index (κ1) is 24.5. The van der Waals surface area contributed by atoms with E-state index < -0.39 is 0 Å². The minimum absolute atomic E-state index is 0.169. The number of hydrogen-bond acceptors (Lipinski definition) is 5. The normalized spacial score (nSPS) is 19.2. The van der Waals surface area contributed by atoms with Gasteiger partial charge in [0.05, 0.1) is 5.69 Å². The lowest BCUT2D eigenvalue weighted by Gasteiger charge is -2.35. The van der Waals surface area contributed by atoms with Crippen LogP contribution in [-0.4, -0.2) is 69.5 Å². The fourth-order valence-corrected chi connectivity index (χ4v) is 5.23. The third-order valence-electron chi connectivity index (χ3n) is 7.44. The molecule has 2 saturated carbocycles. The summed E-state index contributed by atoms with van der Waals surface area (Å²) in [4.78, 5) is 42.6. The molecule has 9 nitrogen and oxygen atoms in total. The molecule has 1 saturated heterocycles. The van der Waals surface area contributed by atoms with Gasteiger partial charge in [0.15, 0.2) is 5.69 Å². The second-order valence-electron chi connectivity index (χ2n) is 10.4. The molecule has 2 aliphatic carbocycles. The standard InChI is InChI=1S/C27H36N6O3/c1-31-18-23(24(30-31)26(35)28-22-8-3-2-4-9-22)29-25(34)21-7-5-6-19(16-21)17-32-12-14-33(15-13-32)27(36)20-10-11-20/h5-7,16,18,20,22H,2-4,8-15,17H2,1H3,(H,28,35)(H,29,34). The Morgan fingerprint density at radius 2 is 1.72 bits per heavy atom. The van der Waals surface area contributed by atoms with Gasteiger partial charge in [-0.2, -0.15) is 5.10 Å². The van der Waals surface area contributed by atoms with E-state index in [4.69, 9.17) is 0 Å². The number of amides is 3. The summed E-state index contributed by atoms with van der Waals surface area (Å²) in [5.74, 6) is 0.0724. The average molecular weight is 493 g/mol. The highest BCUT2D eigenvalue weighted by Gasteiger charge is 2.34. The van der Waals surface area contributed by atoms with Gasteiger partial charge in [-0.1, -0.05) is 31.4 Å². The van der Waals surface area contributed by atoms with Gasteiger partial charge in [-0.15, -0.1) is 0 Å². The maximum atomic E-state index is 13.1. The van der Waals surface area contributed by atoms with Crippen LogP contribution in [0.3, 0.4) is 0 Å². The second-order valence-corrected chi connectivity index (χ2v) is 10.4. The van der Waals surface area contributed by atoms with Crippen molar-refractivity contribution in [3.63, 3.8) is 0 Å². The van der Waals surface area contributed by atoms with Gasteiger partial charge in [0.25, 0.3) is 11.8 Å². The molecule has 9 heteroatoms. The minimum Gasteiger partial charge on any atom is -0.348 e. The molecule has 2 N–H and O–H groups in total. The molecule has 2 heterocycles. The monoisotopic (exact) mass is 492 g/mol. The third-order valence-corrected chi connectivity index (χ3v) is 7.44. The number of aromatic nitrogens is 2. The number of aryl methyl sites for hydroxylation is 1. The van der Waals surface area contributed by atoms with Crippen LogP contribution >= 0.6 is 0 Å². The van der Waals surface area contributed by atoms with Crippen LogP contribution in [0.5, 0.6) is 0 Å². The number of carbonyl (C=O) groups is 3. The van der Waals surface area contributed by atoms with E-state index in [1.807, 2.05) is 23.1 Å². The molecule has 3 fully saturated rings. The van der Waals surface area contributed by atoms with Gasteiger partial charge in [0.2, 0.25) is 5.91 Å². The van der Waals surface area contributed by atoms with Crippen LogP contribution in [-0.2, 0) is 18.4 Å². The van der Waals surface area contributed by atoms with Crippen molar-refractivity contribution in [1.29, 1.82) is 0 Å². The molecule has 3 amide bonds. The number of piperazine rings is 1. The van der Waals surface area contributed by atoms with Gasteiger partial charge in [0, 0.05) is 63.5 Å². The van der Waals surface area contributed by atoms with Crippen molar-refractivity contribution in [2.45, 2.75) is 57.5 Å². The predicted molar refractivity (Wildman–Crippen MR) is 137 cm³/mol. The van der Waals surface area contributed by atoms with Crippen LogP contribution in [0.1, 0.15) is 71.4 Å². The van der Waals surface area contributed by atoms with Crippen LogP contribution in [0.2, 0.25) is 0 Å². The van der Waals surface area contributed by atoms with E-state index in [0.29, 0.717) is 17.2 Å². The van der Waals surface area contributed by atoms with E-state index in [1.165, 1.54) is 6.42 Å². The maximum absolute atomic E-state index is 13.1. The van der Waals surface area contributed by atoms with Crippen molar-refractivity contribution in [2.75, 3.05) is 31.5 Å². The molecule has 5 rings (SSSR count). The number of benzene rings is 1. The molecule has 36 heavy (non-hydrogen) atoms. The number of hydrogen-bond donors (Lipinski definition) is 2. The Morgan fingerprint density at radius 3 is 2.44 bits per heavy atom. The van der Waals surface area contributed by atoms with E-state index in [1.54, 1.807) is 24.0 Å². The Hall–Kier alpha value is -3.20. The molecule has 0 radical (unpaired) electrons. The lowest BCUT2D eigenvalue weighted by molar-refractivity contribution is -0.134. The molecule has 0 atom stereocenters. The minimum atomic E-state index is -0.267. The number of rotatable bonds is 7. The summed E-state index contributed by atoms with van der Waals surface area (Å²) in [7, 11) is 1.74. The molecule has 1 aromatic heterocycles. The van der Waals surface area contributed by atoms with Crippen LogP contribution in [0.25, 0.3) is 0 Å². The predicted octanol–water partition coefficient (Wildman–Crippen LogP) is 2.79. The van der Waals surface area contributed by atoms with E-state index in [9.17, 15) is 14.4 Å². The highest BCUT2D eigenvalue weighted by atomic mass is 16.2. The van der Waals surface area contributed by atoms with Crippen molar-refractivity contribution >= 4 is 23.4 Å². The molecule has 1 aromatic carbocycles. The number of nitrogens with one attached hydrogen (secondary N) is 2. The Kier molecular flexibility index (Phi) is 7.36. The van der Waals surface area contributed by atoms with Gasteiger partial charge < -0.3 is 15.5 Å². The summed E-state index contributed by atoms with van der Waals surface area (Å²) >= 11 is 0. The Bertz CT molecular complexity index is 1110. The summed E-state index contributed by atoms with van der Waals surface area (Å²) in [6.45, 7) is 3.94. The fourth-order valence-electron chi connectivity index (χ4n) is 5.23. The van der Waals surface area contributed by atoms with Crippen LogP contribution < -0.4 is 10.6 Å². The topological polar surface area (TPSA) is 99.6 Å². The largest absolute Gasteiger partial charge is 0.348 e. The summed E-state index contributed by atoms with van der Waals surface area (Å²) in [6, 6.07) is 7.75. The second kappa shape index (κ2) is 10.8. The van der Waals surface area contributed by atoms with E-state index in [-0.39, 0.29) is 29.5 Å². The van der Waals surface area contributed by atoms with E-state index >= 15 is 0 Å². The van der Waals surface area contributed by atoms with Crippen molar-refractivity contribution in [3.8, 4) is 0 Å². The summed E-state index contributed by atoms with van der Waals surface area (Å²) in [6.07, 6.45) is 9.19. The third kappa shape index (κ3) is 5.95. The first-order valence-corrected chi connectivity index (χ1v) is 13.2. The number of nitrogens with zero attached hydrogens (tertiary/aromatic N) is 4. The lowest BCUT2D eigenvalue weighted by atomic mass is 9.95. The van der Waals surface area contributed by atoms with Crippen molar-refractivity contribution in [1.82, 2.24) is 24.9 Å². The van der Waals surface area contributed by atoms with Gasteiger partial charge >= 0.3 is 0 Å². The molecule has 0 unspecified atom stereocenters. The molecule has 0 spiro atoms. The Balaban J connectivity index is 1.18. The van der Waals surface area contributed by atoms with Crippen LogP contribution in [0.4, 0.5) is 5.69 Å². The summed E-state index contributed by atoms with van der Waals surface area (Å²) in [5.41, 5.74) is 2.24. The van der Waals surface area contributed by atoms with Gasteiger partial charge in [-0.25, -0.2) is 0 Å². The van der Waals surface area contributed by atoms with Crippen LogP contribution in [0, 0.1) is 5.92 Å². The molecule has 1 aliphatic heterocycles. The highest BCUT2D eigenvalue weighted by molar-refractivity contribution is 6.08. The van der Waals surface area contributed by atoms with E-state index in [0.717, 1.165) is 76.8 Å². The molecular weight excluding hydrogens is 456 g/mol. The first-order valence-electron chi connectivity index (χ1n) is 13.2. The van der Waals surface area contributed by atoms with Crippen LogP contribution in [0.15, 0.2) is 30.5 Å². The van der Waals surface area contributed by atoms with E-state index in [2.05, 4.69) is 20.6 Å². The molecule has 0 bridgehead atoms. The molecular formula is C27H36N6O3. The molecule has 3 aliphatic rings. The zero-order valence-electron chi connectivity index (χ0n) is 21.0. The Labute approximate surface area is 212 Å². The number of anilines is 1. The van der Waals surface area contributed by atoms with Crippen molar-refractivity contribution < 1.29 is 14.4 Å². The SMILES string of the molecule is Cn1cc(NC(=O)c2cccc(CN3CCN(C(=O)C4CC4)CC3)c2)c(C(=O)NC2CCCCC2)n1. The van der Waals surface area contributed by atoms with Gasteiger partial charge in [0.1, 0.15) is 0 Å². The maximum Gasteiger partial charge on any atom is 0.274 e.